The first-order valence-electron chi connectivity index (χ1n) is 7.02. The van der Waals surface area contributed by atoms with Crippen LogP contribution in [0.1, 0.15) is 29.5 Å². The number of esters is 1. The Hall–Kier alpha value is -1.90. The molecule has 0 amide bonds. The van der Waals surface area contributed by atoms with E-state index in [2.05, 4.69) is 14.6 Å². The SMILES string of the molecule is COC(=O)C[C@H](NS(=O)(=O)c1c(C)noc1C)c1ccc(Cl)cc1. The molecule has 0 bridgehead atoms. The third-order valence-corrected chi connectivity index (χ3v) is 5.37. The van der Waals surface area contributed by atoms with E-state index in [9.17, 15) is 13.2 Å². The van der Waals surface area contributed by atoms with Crippen molar-refractivity contribution in [2.24, 2.45) is 0 Å². The number of nitrogens with zero attached hydrogens (tertiary/aromatic N) is 1. The van der Waals surface area contributed by atoms with Gasteiger partial charge in [0.1, 0.15) is 10.6 Å². The molecule has 24 heavy (non-hydrogen) atoms. The van der Waals surface area contributed by atoms with Gasteiger partial charge < -0.3 is 9.26 Å². The molecule has 1 aromatic carbocycles. The van der Waals surface area contributed by atoms with Gasteiger partial charge in [0.15, 0.2) is 5.76 Å². The van der Waals surface area contributed by atoms with E-state index in [1.165, 1.54) is 21.0 Å². The van der Waals surface area contributed by atoms with E-state index in [1.54, 1.807) is 24.3 Å². The van der Waals surface area contributed by atoms with Crippen LogP contribution in [0.5, 0.6) is 0 Å². The number of carbonyl (C=O) groups is 1. The van der Waals surface area contributed by atoms with E-state index in [-0.39, 0.29) is 22.8 Å². The van der Waals surface area contributed by atoms with E-state index in [1.807, 2.05) is 0 Å². The largest absolute Gasteiger partial charge is 0.469 e. The van der Waals surface area contributed by atoms with Crippen LogP contribution in [0.4, 0.5) is 0 Å². The number of methoxy groups -OCH3 is 1. The van der Waals surface area contributed by atoms with Gasteiger partial charge in [-0.3, -0.25) is 4.79 Å². The zero-order valence-electron chi connectivity index (χ0n) is 13.4. The molecule has 0 aliphatic rings. The second-order valence-electron chi connectivity index (χ2n) is 5.16. The summed E-state index contributed by atoms with van der Waals surface area (Å²) in [4.78, 5) is 11.6. The molecule has 0 saturated heterocycles. The summed E-state index contributed by atoms with van der Waals surface area (Å²) in [6.07, 6.45) is -0.166. The number of hydrogen-bond donors (Lipinski definition) is 1. The molecule has 1 aromatic heterocycles. The van der Waals surface area contributed by atoms with Crippen molar-refractivity contribution in [3.63, 3.8) is 0 Å². The van der Waals surface area contributed by atoms with Gasteiger partial charge >= 0.3 is 5.97 Å². The van der Waals surface area contributed by atoms with Crippen molar-refractivity contribution in [1.82, 2.24) is 9.88 Å². The van der Waals surface area contributed by atoms with Crippen molar-refractivity contribution in [3.05, 3.63) is 46.3 Å². The topological polar surface area (TPSA) is 98.5 Å². The molecule has 0 saturated carbocycles. The van der Waals surface area contributed by atoms with E-state index < -0.39 is 22.0 Å². The highest BCUT2D eigenvalue weighted by Gasteiger charge is 2.29. The van der Waals surface area contributed by atoms with Crippen LogP contribution in [0.25, 0.3) is 0 Å². The third kappa shape index (κ3) is 4.14. The number of aromatic nitrogens is 1. The van der Waals surface area contributed by atoms with Gasteiger partial charge in [0.2, 0.25) is 10.0 Å². The average molecular weight is 373 g/mol. The Morgan fingerprint density at radius 1 is 1.33 bits per heavy atom. The predicted molar refractivity (Wildman–Crippen MR) is 87.1 cm³/mol. The first kappa shape index (κ1) is 18.4. The lowest BCUT2D eigenvalue weighted by atomic mass is 10.1. The molecular formula is C15H17ClN2O5S. The maximum Gasteiger partial charge on any atom is 0.307 e. The van der Waals surface area contributed by atoms with E-state index >= 15 is 0 Å². The standard InChI is InChI=1S/C15H17ClN2O5S/c1-9-15(10(2)23-17-9)24(20,21)18-13(8-14(19)22-3)11-4-6-12(16)7-5-11/h4-7,13,18H,8H2,1-3H3/t13-/m0/s1. The number of hydrogen-bond acceptors (Lipinski definition) is 6. The average Bonchev–Trinajstić information content (AvgIpc) is 2.86. The monoisotopic (exact) mass is 372 g/mol. The highest BCUT2D eigenvalue weighted by molar-refractivity contribution is 7.89. The summed E-state index contributed by atoms with van der Waals surface area (Å²) in [5.74, 6) is -0.371. The van der Waals surface area contributed by atoms with Crippen molar-refractivity contribution < 1.29 is 22.5 Å². The van der Waals surface area contributed by atoms with Crippen molar-refractivity contribution in [1.29, 1.82) is 0 Å². The minimum Gasteiger partial charge on any atom is -0.469 e. The Morgan fingerprint density at radius 2 is 1.96 bits per heavy atom. The zero-order valence-corrected chi connectivity index (χ0v) is 14.9. The smallest absolute Gasteiger partial charge is 0.307 e. The zero-order chi connectivity index (χ0) is 17.9. The van der Waals surface area contributed by atoms with Crippen molar-refractivity contribution >= 4 is 27.6 Å². The van der Waals surface area contributed by atoms with Gasteiger partial charge in [-0.2, -0.15) is 0 Å². The Kier molecular flexibility index (Phi) is 5.63. The van der Waals surface area contributed by atoms with E-state index in [4.69, 9.17) is 16.1 Å². The fourth-order valence-electron chi connectivity index (χ4n) is 2.28. The number of rotatable bonds is 6. The van der Waals surface area contributed by atoms with Crippen LogP contribution < -0.4 is 4.72 Å². The summed E-state index contributed by atoms with van der Waals surface area (Å²) in [6.45, 7) is 3.04. The summed E-state index contributed by atoms with van der Waals surface area (Å²) in [5, 5.41) is 4.15. The Bertz CT molecular complexity index is 811. The number of carbonyl (C=O) groups excluding carboxylic acids is 1. The second kappa shape index (κ2) is 7.33. The fourth-order valence-corrected chi connectivity index (χ4v) is 3.96. The molecule has 0 aliphatic carbocycles. The molecule has 7 nitrogen and oxygen atoms in total. The molecule has 0 spiro atoms. The molecule has 1 heterocycles. The van der Waals surface area contributed by atoms with Crippen LogP contribution in [0.15, 0.2) is 33.7 Å². The number of sulfonamides is 1. The molecule has 1 atom stereocenters. The summed E-state index contributed by atoms with van der Waals surface area (Å²) in [6, 6.07) is 5.71. The molecule has 0 radical (unpaired) electrons. The lowest BCUT2D eigenvalue weighted by molar-refractivity contribution is -0.141. The van der Waals surface area contributed by atoms with Crippen molar-refractivity contribution in [3.8, 4) is 0 Å². The quantitative estimate of drug-likeness (QED) is 0.782. The van der Waals surface area contributed by atoms with Crippen molar-refractivity contribution in [2.45, 2.75) is 31.2 Å². The van der Waals surface area contributed by atoms with Crippen LogP contribution >= 0.6 is 11.6 Å². The molecule has 0 fully saturated rings. The number of halogens is 1. The summed E-state index contributed by atoms with van der Waals surface area (Å²) in [5.41, 5.74) is 0.827. The van der Waals surface area contributed by atoms with Crippen LogP contribution in [-0.4, -0.2) is 26.7 Å². The highest BCUT2D eigenvalue weighted by atomic mass is 35.5. The molecule has 1 N–H and O–H groups in total. The lowest BCUT2D eigenvalue weighted by Gasteiger charge is -2.18. The molecule has 2 rings (SSSR count). The number of benzene rings is 1. The Morgan fingerprint density at radius 3 is 2.46 bits per heavy atom. The first-order valence-corrected chi connectivity index (χ1v) is 8.88. The lowest BCUT2D eigenvalue weighted by Crippen LogP contribution is -2.31. The van der Waals surface area contributed by atoms with Gasteiger partial charge in [0, 0.05) is 5.02 Å². The molecule has 0 aliphatic heterocycles. The maximum atomic E-state index is 12.7. The summed E-state index contributed by atoms with van der Waals surface area (Å²) in [7, 11) is -2.70. The van der Waals surface area contributed by atoms with E-state index in [0.29, 0.717) is 10.6 Å². The molecule has 0 unspecified atom stereocenters. The number of aryl methyl sites for hydroxylation is 2. The normalized spacial score (nSPS) is 12.8. The van der Waals surface area contributed by atoms with Gasteiger partial charge in [-0.25, -0.2) is 13.1 Å². The predicted octanol–water partition coefficient (Wildman–Crippen LogP) is 2.53. The highest BCUT2D eigenvalue weighted by Crippen LogP contribution is 2.25. The fraction of sp³-hybridized carbons (Fsp3) is 0.333. The number of nitrogens with one attached hydrogen (secondary N) is 1. The minimum atomic E-state index is -3.94. The van der Waals surface area contributed by atoms with Crippen LogP contribution in [0.3, 0.4) is 0 Å². The summed E-state index contributed by atoms with van der Waals surface area (Å²) < 4.78 is 37.4. The summed E-state index contributed by atoms with van der Waals surface area (Å²) >= 11 is 5.85. The van der Waals surface area contributed by atoms with Crippen LogP contribution in [0, 0.1) is 13.8 Å². The van der Waals surface area contributed by atoms with Gasteiger partial charge in [-0.05, 0) is 31.5 Å². The minimum absolute atomic E-state index is 0.0358. The molecule has 2 aromatic rings. The maximum absolute atomic E-state index is 12.7. The van der Waals surface area contributed by atoms with Crippen LogP contribution in [0.2, 0.25) is 5.02 Å². The third-order valence-electron chi connectivity index (χ3n) is 3.40. The van der Waals surface area contributed by atoms with Gasteiger partial charge in [0.25, 0.3) is 0 Å². The van der Waals surface area contributed by atoms with Crippen molar-refractivity contribution in [2.75, 3.05) is 7.11 Å². The Labute approximate surface area is 145 Å². The molecular weight excluding hydrogens is 356 g/mol. The number of ether oxygens (including phenoxy) is 1. The van der Waals surface area contributed by atoms with E-state index in [0.717, 1.165) is 0 Å². The Balaban J connectivity index is 2.37. The molecule has 9 heteroatoms. The van der Waals surface area contributed by atoms with Gasteiger partial charge in [-0.1, -0.05) is 28.9 Å². The second-order valence-corrected chi connectivity index (χ2v) is 7.25. The molecule has 130 valence electrons. The van der Waals surface area contributed by atoms with Gasteiger partial charge in [0.05, 0.1) is 19.6 Å². The first-order chi connectivity index (χ1) is 11.2. The van der Waals surface area contributed by atoms with Gasteiger partial charge in [-0.15, -0.1) is 0 Å². The van der Waals surface area contributed by atoms with Crippen LogP contribution in [-0.2, 0) is 19.6 Å².